The van der Waals surface area contributed by atoms with Gasteiger partial charge in [0.1, 0.15) is 0 Å². The summed E-state index contributed by atoms with van der Waals surface area (Å²) in [4.78, 5) is 12.3. The smallest absolute Gasteiger partial charge is 0.261 e. The fourth-order valence-corrected chi connectivity index (χ4v) is 3.14. The maximum Gasteiger partial charge on any atom is 0.261 e. The second-order valence-corrected chi connectivity index (χ2v) is 6.29. The number of fused-ring (bicyclic) bond motifs is 1. The highest BCUT2D eigenvalue weighted by Crippen LogP contribution is 2.40. The van der Waals surface area contributed by atoms with E-state index in [0.29, 0.717) is 22.7 Å². The molecule has 0 saturated carbocycles. The number of amides is 1. The summed E-state index contributed by atoms with van der Waals surface area (Å²) in [5.74, 6) is 0.726. The normalized spacial score (nSPS) is 19.2. The lowest BCUT2D eigenvalue weighted by Gasteiger charge is -2.21. The van der Waals surface area contributed by atoms with Crippen LogP contribution in [0.25, 0.3) is 0 Å². The van der Waals surface area contributed by atoms with Gasteiger partial charge in [-0.1, -0.05) is 22.0 Å². The first-order valence-corrected chi connectivity index (χ1v) is 7.82. The molecule has 0 radical (unpaired) electrons. The molecule has 0 aromatic heterocycles. The fourth-order valence-electron chi connectivity index (χ4n) is 2.78. The van der Waals surface area contributed by atoms with Gasteiger partial charge in [-0.05, 0) is 35.9 Å². The van der Waals surface area contributed by atoms with E-state index in [4.69, 9.17) is 9.47 Å². The van der Waals surface area contributed by atoms with Crippen LogP contribution in [-0.4, -0.2) is 25.2 Å². The zero-order chi connectivity index (χ0) is 16.6. The average Bonchev–Trinajstić information content (AvgIpc) is 2.78. The van der Waals surface area contributed by atoms with Crippen LogP contribution < -0.4 is 14.8 Å². The van der Waals surface area contributed by atoms with Crippen LogP contribution in [-0.2, 0) is 16.8 Å². The van der Waals surface area contributed by atoms with Gasteiger partial charge in [-0.25, -0.2) is 0 Å². The van der Waals surface area contributed by atoms with Crippen molar-refractivity contribution >= 4 is 27.5 Å². The molecule has 23 heavy (non-hydrogen) atoms. The van der Waals surface area contributed by atoms with Gasteiger partial charge in [0.15, 0.2) is 17.1 Å². The maximum atomic E-state index is 12.3. The van der Waals surface area contributed by atoms with Crippen molar-refractivity contribution in [3.8, 4) is 11.5 Å². The van der Waals surface area contributed by atoms with E-state index in [0.717, 1.165) is 10.0 Å². The summed E-state index contributed by atoms with van der Waals surface area (Å²) < 4.78 is 11.3. The number of nitrogens with one attached hydrogen (secondary N) is 1. The van der Waals surface area contributed by atoms with Crippen LogP contribution in [0.4, 0.5) is 5.69 Å². The molecule has 2 aromatic rings. The van der Waals surface area contributed by atoms with Crippen LogP contribution in [0.15, 0.2) is 40.9 Å². The molecule has 0 saturated heterocycles. The van der Waals surface area contributed by atoms with Gasteiger partial charge < -0.3 is 19.9 Å². The third-order valence-corrected chi connectivity index (χ3v) is 4.45. The number of carbonyl (C=O) groups is 1. The predicted molar refractivity (Wildman–Crippen MR) is 89.9 cm³/mol. The number of halogens is 1. The summed E-state index contributed by atoms with van der Waals surface area (Å²) in [6, 6.07) is 10.7. The van der Waals surface area contributed by atoms with Gasteiger partial charge in [0.05, 0.1) is 14.2 Å². The Balaban J connectivity index is 1.99. The van der Waals surface area contributed by atoms with E-state index < -0.39 is 11.5 Å². The molecular formula is C17H16BrNO4. The predicted octanol–water partition coefficient (Wildman–Crippen LogP) is 2.85. The van der Waals surface area contributed by atoms with Crippen LogP contribution in [0.3, 0.4) is 0 Å². The molecule has 2 aromatic carbocycles. The lowest BCUT2D eigenvalue weighted by Crippen LogP contribution is -2.36. The lowest BCUT2D eigenvalue weighted by molar-refractivity contribution is -0.133. The molecule has 2 N–H and O–H groups in total. The Hall–Kier alpha value is -2.05. The first kappa shape index (κ1) is 15.8. The molecule has 0 unspecified atom stereocenters. The van der Waals surface area contributed by atoms with Crippen molar-refractivity contribution < 1.29 is 19.4 Å². The van der Waals surface area contributed by atoms with E-state index in [1.165, 1.54) is 0 Å². The lowest BCUT2D eigenvalue weighted by atomic mass is 9.88. The zero-order valence-corrected chi connectivity index (χ0v) is 14.3. The molecule has 1 atom stereocenters. The molecule has 0 aliphatic carbocycles. The second kappa shape index (κ2) is 5.86. The quantitative estimate of drug-likeness (QED) is 0.859. The molecule has 6 heteroatoms. The van der Waals surface area contributed by atoms with Crippen LogP contribution >= 0.6 is 15.9 Å². The Morgan fingerprint density at radius 3 is 2.57 bits per heavy atom. The Bertz CT molecular complexity index is 777. The molecule has 1 heterocycles. The highest BCUT2D eigenvalue weighted by molar-refractivity contribution is 9.10. The number of benzene rings is 2. The molecule has 0 spiro atoms. The standard InChI is InChI=1S/C17H16BrNO4/c1-22-14-6-3-10(7-15(14)23-2)9-17(21)12-8-11(18)4-5-13(12)19-16(17)20/h3-8,21H,9H2,1-2H3,(H,19,20)/t17-/m0/s1. The van der Waals surface area contributed by atoms with Gasteiger partial charge in [-0.2, -0.15) is 0 Å². The number of aliphatic hydroxyl groups is 1. The summed E-state index contributed by atoms with van der Waals surface area (Å²) in [5, 5.41) is 13.7. The Kier molecular flexibility index (Phi) is 4.04. The highest BCUT2D eigenvalue weighted by atomic mass is 79.9. The monoisotopic (exact) mass is 377 g/mol. The van der Waals surface area contributed by atoms with Gasteiger partial charge in [0.2, 0.25) is 0 Å². The maximum absolute atomic E-state index is 12.3. The van der Waals surface area contributed by atoms with Gasteiger partial charge >= 0.3 is 0 Å². The van der Waals surface area contributed by atoms with Crippen molar-refractivity contribution in [2.45, 2.75) is 12.0 Å². The Labute approximate surface area is 142 Å². The number of carbonyl (C=O) groups excluding carboxylic acids is 1. The van der Waals surface area contributed by atoms with Gasteiger partial charge in [0, 0.05) is 22.1 Å². The Morgan fingerprint density at radius 1 is 1.13 bits per heavy atom. The summed E-state index contributed by atoms with van der Waals surface area (Å²) in [5.41, 5.74) is 0.347. The molecular weight excluding hydrogens is 362 g/mol. The Morgan fingerprint density at radius 2 is 1.87 bits per heavy atom. The number of methoxy groups -OCH3 is 2. The molecule has 1 aliphatic heterocycles. The summed E-state index contributed by atoms with van der Waals surface area (Å²) in [7, 11) is 3.11. The molecule has 3 rings (SSSR count). The SMILES string of the molecule is COc1ccc(C[C@@]2(O)C(=O)Nc3ccc(Br)cc32)cc1OC. The van der Waals surface area contributed by atoms with Crippen molar-refractivity contribution in [1.82, 2.24) is 0 Å². The highest BCUT2D eigenvalue weighted by Gasteiger charge is 2.45. The van der Waals surface area contributed by atoms with Crippen molar-refractivity contribution in [2.75, 3.05) is 19.5 Å². The minimum Gasteiger partial charge on any atom is -0.493 e. The van der Waals surface area contributed by atoms with Crippen molar-refractivity contribution in [2.24, 2.45) is 0 Å². The summed E-state index contributed by atoms with van der Waals surface area (Å²) >= 11 is 3.38. The van der Waals surface area contributed by atoms with E-state index in [2.05, 4.69) is 21.2 Å². The molecule has 0 bridgehead atoms. The molecule has 120 valence electrons. The molecule has 1 aliphatic rings. The minimum absolute atomic E-state index is 0.142. The number of ether oxygens (including phenoxy) is 2. The number of hydrogen-bond acceptors (Lipinski definition) is 4. The first-order valence-electron chi connectivity index (χ1n) is 7.02. The van der Waals surface area contributed by atoms with Crippen molar-refractivity contribution in [3.63, 3.8) is 0 Å². The number of hydrogen-bond donors (Lipinski definition) is 2. The van der Waals surface area contributed by atoms with E-state index in [1.807, 2.05) is 12.1 Å². The van der Waals surface area contributed by atoms with E-state index in [-0.39, 0.29) is 6.42 Å². The minimum atomic E-state index is -1.61. The van der Waals surface area contributed by atoms with Gasteiger partial charge in [0.25, 0.3) is 5.91 Å². The van der Waals surface area contributed by atoms with Crippen LogP contribution in [0.5, 0.6) is 11.5 Å². The van der Waals surface area contributed by atoms with Crippen LogP contribution in [0.1, 0.15) is 11.1 Å². The number of rotatable bonds is 4. The topological polar surface area (TPSA) is 67.8 Å². The van der Waals surface area contributed by atoms with Crippen LogP contribution in [0.2, 0.25) is 0 Å². The largest absolute Gasteiger partial charge is 0.493 e. The van der Waals surface area contributed by atoms with E-state index >= 15 is 0 Å². The van der Waals surface area contributed by atoms with Crippen molar-refractivity contribution in [1.29, 1.82) is 0 Å². The van der Waals surface area contributed by atoms with E-state index in [1.54, 1.807) is 38.5 Å². The molecule has 1 amide bonds. The van der Waals surface area contributed by atoms with Gasteiger partial charge in [-0.3, -0.25) is 4.79 Å². The van der Waals surface area contributed by atoms with Gasteiger partial charge in [-0.15, -0.1) is 0 Å². The molecule has 0 fully saturated rings. The second-order valence-electron chi connectivity index (χ2n) is 5.37. The molecule has 5 nitrogen and oxygen atoms in total. The zero-order valence-electron chi connectivity index (χ0n) is 12.7. The third-order valence-electron chi connectivity index (χ3n) is 3.96. The fraction of sp³-hybridized carbons (Fsp3) is 0.235. The summed E-state index contributed by atoms with van der Waals surface area (Å²) in [6.45, 7) is 0. The van der Waals surface area contributed by atoms with E-state index in [9.17, 15) is 9.90 Å². The number of anilines is 1. The van der Waals surface area contributed by atoms with Crippen LogP contribution in [0, 0.1) is 0 Å². The average molecular weight is 378 g/mol. The summed E-state index contributed by atoms with van der Waals surface area (Å²) in [6.07, 6.45) is 0.142. The first-order chi connectivity index (χ1) is 11.0. The van der Waals surface area contributed by atoms with Crippen molar-refractivity contribution in [3.05, 3.63) is 52.0 Å². The third kappa shape index (κ3) is 2.68.